The third kappa shape index (κ3) is 6.95. The van der Waals surface area contributed by atoms with Gasteiger partial charge in [0.05, 0.1) is 18.9 Å². The minimum Gasteiger partial charge on any atom is -0.381 e. The fourth-order valence-corrected chi connectivity index (χ4v) is 0.524. The van der Waals surface area contributed by atoms with Gasteiger partial charge in [0.1, 0.15) is 0 Å². The molecule has 0 spiro atoms. The minimum absolute atomic E-state index is 0.0422. The lowest BCUT2D eigenvalue weighted by molar-refractivity contribution is -0.354. The standard InChI is InChI=1S/C9H21NO3/c1-5-9(2,3)13-12-7-6-10(4)8-11/h11H,5-8H2,1-4H3. The summed E-state index contributed by atoms with van der Waals surface area (Å²) in [5, 5.41) is 8.67. The molecule has 0 aromatic rings. The smallest absolute Gasteiger partial charge is 0.0977 e. The van der Waals surface area contributed by atoms with Crippen molar-refractivity contribution in [2.75, 3.05) is 26.9 Å². The van der Waals surface area contributed by atoms with Gasteiger partial charge in [-0.1, -0.05) is 6.92 Å². The van der Waals surface area contributed by atoms with Crippen molar-refractivity contribution in [2.45, 2.75) is 32.8 Å². The monoisotopic (exact) mass is 191 g/mol. The number of rotatable bonds is 7. The Morgan fingerprint density at radius 1 is 1.38 bits per heavy atom. The third-order valence-electron chi connectivity index (χ3n) is 1.93. The van der Waals surface area contributed by atoms with E-state index in [1.54, 1.807) is 4.90 Å². The molecular formula is C9H21NO3. The van der Waals surface area contributed by atoms with Crippen LogP contribution in [0.3, 0.4) is 0 Å². The fourth-order valence-electron chi connectivity index (χ4n) is 0.524. The zero-order valence-electron chi connectivity index (χ0n) is 9.04. The molecule has 0 aromatic heterocycles. The van der Waals surface area contributed by atoms with Gasteiger partial charge in [0, 0.05) is 6.54 Å². The summed E-state index contributed by atoms with van der Waals surface area (Å²) in [5.41, 5.74) is -0.224. The Balaban J connectivity index is 3.35. The summed E-state index contributed by atoms with van der Waals surface area (Å²) in [7, 11) is 1.81. The topological polar surface area (TPSA) is 41.9 Å². The van der Waals surface area contributed by atoms with Crippen LogP contribution in [-0.4, -0.2) is 42.5 Å². The first kappa shape index (κ1) is 12.8. The third-order valence-corrected chi connectivity index (χ3v) is 1.93. The molecule has 0 unspecified atom stereocenters. The molecule has 0 atom stereocenters. The van der Waals surface area contributed by atoms with Crippen LogP contribution < -0.4 is 0 Å². The molecule has 0 saturated carbocycles. The van der Waals surface area contributed by atoms with Gasteiger partial charge in [0.25, 0.3) is 0 Å². The summed E-state index contributed by atoms with van der Waals surface area (Å²) < 4.78 is 0. The zero-order chi connectivity index (χ0) is 10.3. The summed E-state index contributed by atoms with van der Waals surface area (Å²) in [5.74, 6) is 0. The second-order valence-electron chi connectivity index (χ2n) is 3.74. The average Bonchev–Trinajstić information content (AvgIpc) is 2.12. The lowest BCUT2D eigenvalue weighted by Crippen LogP contribution is -2.28. The van der Waals surface area contributed by atoms with Crippen molar-refractivity contribution in [1.29, 1.82) is 0 Å². The van der Waals surface area contributed by atoms with Crippen molar-refractivity contribution in [2.24, 2.45) is 0 Å². The molecule has 4 heteroatoms. The SMILES string of the molecule is CCC(C)(C)OOCCN(C)CO. The highest BCUT2D eigenvalue weighted by Crippen LogP contribution is 2.13. The normalized spacial score (nSPS) is 12.5. The van der Waals surface area contributed by atoms with Crippen molar-refractivity contribution in [3.63, 3.8) is 0 Å². The molecule has 0 aliphatic rings. The van der Waals surface area contributed by atoms with E-state index in [1.807, 2.05) is 27.8 Å². The molecule has 1 N–H and O–H groups in total. The molecule has 0 aliphatic carbocycles. The predicted molar refractivity (Wildman–Crippen MR) is 51.1 cm³/mol. The Morgan fingerprint density at radius 3 is 2.46 bits per heavy atom. The Kier molecular flexibility index (Phi) is 6.24. The van der Waals surface area contributed by atoms with Crippen molar-refractivity contribution >= 4 is 0 Å². The van der Waals surface area contributed by atoms with E-state index >= 15 is 0 Å². The summed E-state index contributed by atoms with van der Waals surface area (Å²) in [6.45, 7) is 7.17. The van der Waals surface area contributed by atoms with Crippen LogP contribution in [-0.2, 0) is 9.78 Å². The largest absolute Gasteiger partial charge is 0.381 e. The van der Waals surface area contributed by atoms with Gasteiger partial charge in [0.2, 0.25) is 0 Å². The maximum Gasteiger partial charge on any atom is 0.0977 e. The summed E-state index contributed by atoms with van der Waals surface area (Å²) in [6, 6.07) is 0. The maximum absolute atomic E-state index is 8.67. The van der Waals surface area contributed by atoms with Gasteiger partial charge in [-0.25, -0.2) is 9.78 Å². The van der Waals surface area contributed by atoms with Crippen LogP contribution in [0.1, 0.15) is 27.2 Å². The predicted octanol–water partition coefficient (Wildman–Crippen LogP) is 1.00. The number of hydrogen-bond acceptors (Lipinski definition) is 4. The average molecular weight is 191 g/mol. The Hall–Kier alpha value is -0.160. The molecule has 4 nitrogen and oxygen atoms in total. The highest BCUT2D eigenvalue weighted by molar-refractivity contribution is 4.61. The molecule has 0 radical (unpaired) electrons. The Morgan fingerprint density at radius 2 is 2.00 bits per heavy atom. The van der Waals surface area contributed by atoms with E-state index in [0.717, 1.165) is 6.42 Å². The molecule has 0 amide bonds. The molecule has 13 heavy (non-hydrogen) atoms. The van der Waals surface area contributed by atoms with Crippen molar-refractivity contribution in [1.82, 2.24) is 4.90 Å². The molecular weight excluding hydrogens is 170 g/mol. The van der Waals surface area contributed by atoms with E-state index in [0.29, 0.717) is 13.2 Å². The van der Waals surface area contributed by atoms with Crippen molar-refractivity contribution in [3.05, 3.63) is 0 Å². The highest BCUT2D eigenvalue weighted by Gasteiger charge is 2.16. The van der Waals surface area contributed by atoms with Gasteiger partial charge in [-0.05, 0) is 27.3 Å². The van der Waals surface area contributed by atoms with Crippen LogP contribution in [0, 0.1) is 0 Å². The first-order valence-corrected chi connectivity index (χ1v) is 4.62. The van der Waals surface area contributed by atoms with Gasteiger partial charge in [-0.3, -0.25) is 4.90 Å². The Labute approximate surface area is 80.4 Å². The molecule has 0 aromatic carbocycles. The van der Waals surface area contributed by atoms with Gasteiger partial charge < -0.3 is 5.11 Å². The van der Waals surface area contributed by atoms with Crippen molar-refractivity contribution in [3.8, 4) is 0 Å². The second-order valence-corrected chi connectivity index (χ2v) is 3.74. The number of aliphatic hydroxyl groups is 1. The van der Waals surface area contributed by atoms with E-state index in [2.05, 4.69) is 0 Å². The van der Waals surface area contributed by atoms with Crippen LogP contribution in [0.5, 0.6) is 0 Å². The number of aliphatic hydroxyl groups excluding tert-OH is 1. The molecule has 80 valence electrons. The van der Waals surface area contributed by atoms with Gasteiger partial charge in [-0.15, -0.1) is 0 Å². The van der Waals surface area contributed by atoms with Gasteiger partial charge in [0.15, 0.2) is 0 Å². The number of hydrogen-bond donors (Lipinski definition) is 1. The van der Waals surface area contributed by atoms with Crippen LogP contribution in [0.25, 0.3) is 0 Å². The van der Waals surface area contributed by atoms with Crippen LogP contribution in [0.2, 0.25) is 0 Å². The molecule has 0 saturated heterocycles. The van der Waals surface area contributed by atoms with E-state index in [-0.39, 0.29) is 12.3 Å². The lowest BCUT2D eigenvalue weighted by atomic mass is 10.1. The van der Waals surface area contributed by atoms with Gasteiger partial charge >= 0.3 is 0 Å². The number of nitrogens with zero attached hydrogens (tertiary/aromatic N) is 1. The quantitative estimate of drug-likeness (QED) is 0.282. The zero-order valence-corrected chi connectivity index (χ0v) is 9.04. The van der Waals surface area contributed by atoms with Crippen LogP contribution in [0.15, 0.2) is 0 Å². The Bertz CT molecular complexity index is 128. The van der Waals surface area contributed by atoms with E-state index < -0.39 is 0 Å². The highest BCUT2D eigenvalue weighted by atomic mass is 17.2. The summed E-state index contributed by atoms with van der Waals surface area (Å²) in [4.78, 5) is 11.9. The van der Waals surface area contributed by atoms with Crippen LogP contribution in [0.4, 0.5) is 0 Å². The molecule has 0 heterocycles. The molecule has 0 aliphatic heterocycles. The number of likely N-dealkylation sites (N-methyl/N-ethyl adjacent to an activating group) is 1. The van der Waals surface area contributed by atoms with E-state index in [1.165, 1.54) is 0 Å². The summed E-state index contributed by atoms with van der Waals surface area (Å²) >= 11 is 0. The fraction of sp³-hybridized carbons (Fsp3) is 1.00. The lowest BCUT2D eigenvalue weighted by Gasteiger charge is -2.22. The van der Waals surface area contributed by atoms with Gasteiger partial charge in [-0.2, -0.15) is 0 Å². The van der Waals surface area contributed by atoms with Crippen molar-refractivity contribution < 1.29 is 14.9 Å². The minimum atomic E-state index is -0.224. The second kappa shape index (κ2) is 6.32. The van der Waals surface area contributed by atoms with E-state index in [4.69, 9.17) is 14.9 Å². The van der Waals surface area contributed by atoms with Crippen LogP contribution >= 0.6 is 0 Å². The first-order chi connectivity index (χ1) is 6.02. The first-order valence-electron chi connectivity index (χ1n) is 4.62. The summed E-state index contributed by atoms with van der Waals surface area (Å²) in [6.07, 6.45) is 0.906. The van der Waals surface area contributed by atoms with E-state index in [9.17, 15) is 0 Å². The maximum atomic E-state index is 8.67. The molecule has 0 bridgehead atoms. The molecule has 0 rings (SSSR count). The molecule has 0 fully saturated rings.